The molecule has 0 aromatic carbocycles. The average Bonchev–Trinajstić information content (AvgIpc) is 2.91. The summed E-state index contributed by atoms with van der Waals surface area (Å²) in [7, 11) is 0. The first-order chi connectivity index (χ1) is 10.6. The van der Waals surface area contributed by atoms with Gasteiger partial charge in [0.15, 0.2) is 0 Å². The molecule has 0 saturated carbocycles. The van der Waals surface area contributed by atoms with Crippen LogP contribution in [0.2, 0.25) is 0 Å². The summed E-state index contributed by atoms with van der Waals surface area (Å²) in [5.41, 5.74) is 1.89. The number of nitrogens with zero attached hydrogens (tertiary/aromatic N) is 3. The number of hydrogen-bond donors (Lipinski definition) is 0. The number of carbonyl (C=O) groups is 1. The van der Waals surface area contributed by atoms with Crippen LogP contribution in [0.4, 0.5) is 5.00 Å². The molecule has 1 unspecified atom stereocenters. The Hall–Kier alpha value is -1.40. The maximum absolute atomic E-state index is 12.6. The standard InChI is InChI=1S/C16H21N3OS2/c1-5-19(15(20)11(2)10-21-4)16-12(3)18-14(22-16)13-7-6-8-17-9-13/h6-9,11H,5,10H2,1-4H3. The van der Waals surface area contributed by atoms with Crippen molar-refractivity contribution in [3.8, 4) is 10.6 Å². The van der Waals surface area contributed by atoms with Gasteiger partial charge in [-0.2, -0.15) is 11.8 Å². The second-order valence-electron chi connectivity index (χ2n) is 5.09. The fraction of sp³-hybridized carbons (Fsp3) is 0.438. The first-order valence-electron chi connectivity index (χ1n) is 7.26. The van der Waals surface area contributed by atoms with Crippen LogP contribution < -0.4 is 4.90 Å². The van der Waals surface area contributed by atoms with Gasteiger partial charge in [-0.3, -0.25) is 9.78 Å². The first kappa shape index (κ1) is 17.0. The summed E-state index contributed by atoms with van der Waals surface area (Å²) >= 11 is 3.26. The van der Waals surface area contributed by atoms with E-state index in [1.54, 1.807) is 35.5 Å². The van der Waals surface area contributed by atoms with Crippen LogP contribution in [0.1, 0.15) is 19.5 Å². The Morgan fingerprint density at radius 1 is 1.50 bits per heavy atom. The van der Waals surface area contributed by atoms with Gasteiger partial charge in [0.2, 0.25) is 5.91 Å². The van der Waals surface area contributed by atoms with E-state index in [9.17, 15) is 4.79 Å². The molecule has 2 rings (SSSR count). The number of aryl methyl sites for hydroxylation is 1. The predicted octanol–water partition coefficient (Wildman–Crippen LogP) is 3.87. The highest BCUT2D eigenvalue weighted by atomic mass is 32.2. The van der Waals surface area contributed by atoms with Gasteiger partial charge in [0, 0.05) is 36.2 Å². The highest BCUT2D eigenvalue weighted by molar-refractivity contribution is 7.98. The SMILES string of the molecule is CCN(C(=O)C(C)CSC)c1sc(-c2cccnc2)nc1C. The molecular weight excluding hydrogens is 314 g/mol. The number of hydrogen-bond acceptors (Lipinski definition) is 5. The van der Waals surface area contributed by atoms with Crippen LogP contribution in [0, 0.1) is 12.8 Å². The van der Waals surface area contributed by atoms with E-state index in [0.29, 0.717) is 6.54 Å². The molecule has 0 fully saturated rings. The van der Waals surface area contributed by atoms with Crippen molar-refractivity contribution in [2.45, 2.75) is 20.8 Å². The number of thiazole rings is 1. The van der Waals surface area contributed by atoms with E-state index in [1.165, 1.54) is 0 Å². The first-order valence-corrected chi connectivity index (χ1v) is 9.47. The maximum Gasteiger partial charge on any atom is 0.231 e. The third-order valence-electron chi connectivity index (χ3n) is 3.35. The lowest BCUT2D eigenvalue weighted by Crippen LogP contribution is -2.35. The molecule has 0 bridgehead atoms. The molecular formula is C16H21N3OS2. The Balaban J connectivity index is 2.31. The van der Waals surface area contributed by atoms with E-state index in [2.05, 4.69) is 9.97 Å². The van der Waals surface area contributed by atoms with Crippen molar-refractivity contribution in [3.05, 3.63) is 30.2 Å². The lowest BCUT2D eigenvalue weighted by atomic mass is 10.2. The van der Waals surface area contributed by atoms with E-state index in [0.717, 1.165) is 27.0 Å². The Morgan fingerprint density at radius 2 is 2.27 bits per heavy atom. The van der Waals surface area contributed by atoms with Gasteiger partial charge in [-0.05, 0) is 32.2 Å². The molecule has 0 saturated heterocycles. The second-order valence-corrected chi connectivity index (χ2v) is 6.98. The zero-order valence-electron chi connectivity index (χ0n) is 13.4. The Kier molecular flexibility index (Phi) is 5.97. The molecule has 0 aliphatic carbocycles. The fourth-order valence-corrected chi connectivity index (χ4v) is 4.01. The number of rotatable bonds is 6. The van der Waals surface area contributed by atoms with Crippen LogP contribution in [0.25, 0.3) is 10.6 Å². The molecule has 0 spiro atoms. The van der Waals surface area contributed by atoms with Gasteiger partial charge in [-0.15, -0.1) is 0 Å². The molecule has 2 aromatic rings. The van der Waals surface area contributed by atoms with Crippen molar-refractivity contribution >= 4 is 34.0 Å². The van der Waals surface area contributed by atoms with Gasteiger partial charge in [0.05, 0.1) is 5.69 Å². The summed E-state index contributed by atoms with van der Waals surface area (Å²) in [6.07, 6.45) is 5.58. The summed E-state index contributed by atoms with van der Waals surface area (Å²) in [6.45, 7) is 6.61. The monoisotopic (exact) mass is 335 g/mol. The van der Waals surface area contributed by atoms with Gasteiger partial charge >= 0.3 is 0 Å². The Morgan fingerprint density at radius 3 is 2.86 bits per heavy atom. The minimum Gasteiger partial charge on any atom is -0.302 e. The molecule has 6 heteroatoms. The highest BCUT2D eigenvalue weighted by Crippen LogP contribution is 2.34. The lowest BCUT2D eigenvalue weighted by Gasteiger charge is -2.23. The van der Waals surface area contributed by atoms with E-state index in [-0.39, 0.29) is 11.8 Å². The smallest absolute Gasteiger partial charge is 0.231 e. The van der Waals surface area contributed by atoms with Crippen LogP contribution in [0.5, 0.6) is 0 Å². The summed E-state index contributed by atoms with van der Waals surface area (Å²) in [5, 5.41) is 1.85. The number of aromatic nitrogens is 2. The van der Waals surface area contributed by atoms with Crippen LogP contribution in [-0.2, 0) is 4.79 Å². The fourth-order valence-electron chi connectivity index (χ4n) is 2.24. The second kappa shape index (κ2) is 7.74. The topological polar surface area (TPSA) is 46.1 Å². The lowest BCUT2D eigenvalue weighted by molar-refractivity contribution is -0.121. The Bertz CT molecular complexity index is 628. The van der Waals surface area contributed by atoms with Crippen molar-refractivity contribution in [3.63, 3.8) is 0 Å². The minimum absolute atomic E-state index is 0.0123. The predicted molar refractivity (Wildman–Crippen MR) is 95.7 cm³/mol. The third-order valence-corrected chi connectivity index (χ3v) is 5.41. The zero-order chi connectivity index (χ0) is 16.1. The van der Waals surface area contributed by atoms with Gasteiger partial charge in [-0.25, -0.2) is 4.98 Å². The van der Waals surface area contributed by atoms with Crippen molar-refractivity contribution < 1.29 is 4.79 Å². The minimum atomic E-state index is 0.0123. The largest absolute Gasteiger partial charge is 0.302 e. The van der Waals surface area contributed by atoms with Crippen molar-refractivity contribution in [1.82, 2.24) is 9.97 Å². The van der Waals surface area contributed by atoms with E-state index < -0.39 is 0 Å². The summed E-state index contributed by atoms with van der Waals surface area (Å²) in [4.78, 5) is 23.2. The molecule has 2 aromatic heterocycles. The van der Waals surface area contributed by atoms with Gasteiger partial charge in [0.1, 0.15) is 10.0 Å². The molecule has 118 valence electrons. The maximum atomic E-state index is 12.6. The highest BCUT2D eigenvalue weighted by Gasteiger charge is 2.24. The molecule has 0 radical (unpaired) electrons. The number of pyridine rings is 1. The third kappa shape index (κ3) is 3.67. The van der Waals surface area contributed by atoms with Crippen LogP contribution >= 0.6 is 23.1 Å². The van der Waals surface area contributed by atoms with Crippen molar-refractivity contribution in [2.24, 2.45) is 5.92 Å². The van der Waals surface area contributed by atoms with E-state index in [4.69, 9.17) is 0 Å². The summed E-state index contributed by atoms with van der Waals surface area (Å²) < 4.78 is 0. The number of thioether (sulfide) groups is 1. The van der Waals surface area contributed by atoms with Crippen LogP contribution in [0.15, 0.2) is 24.5 Å². The Labute approximate surface area is 140 Å². The number of carbonyl (C=O) groups excluding carboxylic acids is 1. The van der Waals surface area contributed by atoms with Gasteiger partial charge < -0.3 is 4.90 Å². The summed E-state index contributed by atoms with van der Waals surface area (Å²) in [5.74, 6) is 1.02. The number of amides is 1. The summed E-state index contributed by atoms with van der Waals surface area (Å²) in [6, 6.07) is 3.89. The molecule has 0 aliphatic rings. The van der Waals surface area contributed by atoms with Gasteiger partial charge in [0.25, 0.3) is 0 Å². The molecule has 1 atom stereocenters. The molecule has 0 N–H and O–H groups in total. The number of anilines is 1. The van der Waals surface area contributed by atoms with Crippen LogP contribution in [-0.4, -0.2) is 34.4 Å². The van der Waals surface area contributed by atoms with E-state index in [1.807, 2.05) is 44.1 Å². The van der Waals surface area contributed by atoms with Crippen molar-refractivity contribution in [2.75, 3.05) is 23.5 Å². The zero-order valence-corrected chi connectivity index (χ0v) is 15.0. The average molecular weight is 335 g/mol. The molecule has 0 aliphatic heterocycles. The quantitative estimate of drug-likeness (QED) is 0.804. The molecule has 2 heterocycles. The molecule has 4 nitrogen and oxygen atoms in total. The molecule has 1 amide bonds. The van der Waals surface area contributed by atoms with Crippen LogP contribution in [0.3, 0.4) is 0 Å². The van der Waals surface area contributed by atoms with Crippen molar-refractivity contribution in [1.29, 1.82) is 0 Å². The normalized spacial score (nSPS) is 12.2. The molecule has 22 heavy (non-hydrogen) atoms. The van der Waals surface area contributed by atoms with Gasteiger partial charge in [-0.1, -0.05) is 18.3 Å². The van der Waals surface area contributed by atoms with E-state index >= 15 is 0 Å².